The first-order valence-corrected chi connectivity index (χ1v) is 5.45. The molecule has 88 valence electrons. The standard InChI is InChI=1S/C13H15N3O/c14-7-12-5-4-10(9-16-12)8-15-11-2-1-3-13(17)6-11/h1-6,9,15,17H,7-8,14H2. The van der Waals surface area contributed by atoms with Gasteiger partial charge in [-0.1, -0.05) is 12.1 Å². The van der Waals surface area contributed by atoms with Gasteiger partial charge in [0.25, 0.3) is 0 Å². The highest BCUT2D eigenvalue weighted by molar-refractivity contribution is 5.47. The molecular weight excluding hydrogens is 214 g/mol. The molecule has 0 spiro atoms. The number of rotatable bonds is 4. The number of hydrogen-bond acceptors (Lipinski definition) is 4. The Bertz CT molecular complexity index is 482. The van der Waals surface area contributed by atoms with Gasteiger partial charge in [0.05, 0.1) is 5.69 Å². The van der Waals surface area contributed by atoms with Crippen LogP contribution in [0.3, 0.4) is 0 Å². The highest BCUT2D eigenvalue weighted by Gasteiger charge is 1.96. The highest BCUT2D eigenvalue weighted by Crippen LogP contribution is 2.16. The maximum atomic E-state index is 9.31. The normalized spacial score (nSPS) is 10.2. The first-order chi connectivity index (χ1) is 8.28. The SMILES string of the molecule is NCc1ccc(CNc2cccc(O)c2)cn1. The van der Waals surface area contributed by atoms with E-state index in [1.807, 2.05) is 18.2 Å². The van der Waals surface area contributed by atoms with Crippen molar-refractivity contribution in [3.05, 3.63) is 53.9 Å². The molecule has 1 aromatic carbocycles. The molecule has 0 amide bonds. The van der Waals surface area contributed by atoms with Crippen molar-refractivity contribution in [1.29, 1.82) is 0 Å². The molecule has 2 aromatic rings. The monoisotopic (exact) mass is 229 g/mol. The van der Waals surface area contributed by atoms with Gasteiger partial charge in [-0.15, -0.1) is 0 Å². The third-order valence-corrected chi connectivity index (χ3v) is 2.44. The summed E-state index contributed by atoms with van der Waals surface area (Å²) in [4.78, 5) is 4.21. The number of nitrogens with zero attached hydrogens (tertiary/aromatic N) is 1. The molecule has 17 heavy (non-hydrogen) atoms. The van der Waals surface area contributed by atoms with E-state index in [9.17, 15) is 5.11 Å². The van der Waals surface area contributed by atoms with Gasteiger partial charge in [0, 0.05) is 31.0 Å². The van der Waals surface area contributed by atoms with Crippen LogP contribution in [0.25, 0.3) is 0 Å². The van der Waals surface area contributed by atoms with Crippen LogP contribution in [0.2, 0.25) is 0 Å². The van der Waals surface area contributed by atoms with Crippen molar-refractivity contribution in [2.24, 2.45) is 5.73 Å². The maximum absolute atomic E-state index is 9.31. The molecule has 0 atom stereocenters. The zero-order valence-corrected chi connectivity index (χ0v) is 9.43. The van der Waals surface area contributed by atoms with Crippen LogP contribution in [-0.2, 0) is 13.1 Å². The van der Waals surface area contributed by atoms with Crippen LogP contribution in [-0.4, -0.2) is 10.1 Å². The number of nitrogens with two attached hydrogens (primary N) is 1. The quantitative estimate of drug-likeness (QED) is 0.748. The van der Waals surface area contributed by atoms with E-state index in [0.717, 1.165) is 16.9 Å². The minimum Gasteiger partial charge on any atom is -0.508 e. The highest BCUT2D eigenvalue weighted by atomic mass is 16.3. The van der Waals surface area contributed by atoms with E-state index in [4.69, 9.17) is 5.73 Å². The van der Waals surface area contributed by atoms with E-state index < -0.39 is 0 Å². The molecule has 1 heterocycles. The van der Waals surface area contributed by atoms with E-state index in [-0.39, 0.29) is 5.75 Å². The average Bonchev–Trinajstić information content (AvgIpc) is 2.37. The van der Waals surface area contributed by atoms with Gasteiger partial charge >= 0.3 is 0 Å². The smallest absolute Gasteiger partial charge is 0.117 e. The number of aromatic hydroxyl groups is 1. The molecule has 0 saturated carbocycles. The number of phenolic OH excluding ortho intramolecular Hbond substituents is 1. The Labute approximate surface area is 100 Å². The number of hydrogen-bond donors (Lipinski definition) is 3. The van der Waals surface area contributed by atoms with Crippen molar-refractivity contribution >= 4 is 5.69 Å². The number of benzene rings is 1. The number of phenols is 1. The molecule has 4 N–H and O–H groups in total. The number of anilines is 1. The van der Waals surface area contributed by atoms with E-state index in [1.54, 1.807) is 24.4 Å². The summed E-state index contributed by atoms with van der Waals surface area (Å²) in [6.07, 6.45) is 1.80. The molecule has 4 heteroatoms. The molecule has 0 aliphatic carbocycles. The Balaban J connectivity index is 1.97. The predicted molar refractivity (Wildman–Crippen MR) is 67.6 cm³/mol. The fourth-order valence-corrected chi connectivity index (χ4v) is 1.50. The van der Waals surface area contributed by atoms with Crippen LogP contribution >= 0.6 is 0 Å². The van der Waals surface area contributed by atoms with E-state index in [1.165, 1.54) is 0 Å². The summed E-state index contributed by atoms with van der Waals surface area (Å²) in [5, 5.41) is 12.5. The van der Waals surface area contributed by atoms with E-state index in [2.05, 4.69) is 10.3 Å². The van der Waals surface area contributed by atoms with Crippen molar-refractivity contribution < 1.29 is 5.11 Å². The van der Waals surface area contributed by atoms with Gasteiger partial charge in [-0.3, -0.25) is 4.98 Å². The zero-order chi connectivity index (χ0) is 12.1. The van der Waals surface area contributed by atoms with Crippen molar-refractivity contribution in [2.75, 3.05) is 5.32 Å². The third-order valence-electron chi connectivity index (χ3n) is 2.44. The Morgan fingerprint density at radius 3 is 2.76 bits per heavy atom. The van der Waals surface area contributed by atoms with Gasteiger partial charge in [-0.2, -0.15) is 0 Å². The van der Waals surface area contributed by atoms with Crippen LogP contribution < -0.4 is 11.1 Å². The van der Waals surface area contributed by atoms with Crippen LogP contribution in [0.15, 0.2) is 42.6 Å². The molecule has 4 nitrogen and oxygen atoms in total. The van der Waals surface area contributed by atoms with Gasteiger partial charge in [-0.05, 0) is 23.8 Å². The lowest BCUT2D eigenvalue weighted by Crippen LogP contribution is -2.02. The summed E-state index contributed by atoms with van der Waals surface area (Å²) >= 11 is 0. The van der Waals surface area contributed by atoms with Gasteiger partial charge in [0.2, 0.25) is 0 Å². The number of nitrogens with one attached hydrogen (secondary N) is 1. The van der Waals surface area contributed by atoms with Crippen molar-refractivity contribution in [2.45, 2.75) is 13.1 Å². The summed E-state index contributed by atoms with van der Waals surface area (Å²) in [5.74, 6) is 0.256. The first kappa shape index (κ1) is 11.4. The Kier molecular flexibility index (Phi) is 3.57. The Morgan fingerprint density at radius 1 is 1.24 bits per heavy atom. The lowest BCUT2D eigenvalue weighted by atomic mass is 10.2. The zero-order valence-electron chi connectivity index (χ0n) is 9.43. The minimum atomic E-state index is 0.256. The van der Waals surface area contributed by atoms with E-state index in [0.29, 0.717) is 13.1 Å². The summed E-state index contributed by atoms with van der Waals surface area (Å²) in [5.41, 5.74) is 8.31. The van der Waals surface area contributed by atoms with Gasteiger partial charge in [-0.25, -0.2) is 0 Å². The van der Waals surface area contributed by atoms with Crippen molar-refractivity contribution in [3.63, 3.8) is 0 Å². The summed E-state index contributed by atoms with van der Waals surface area (Å²) in [6.45, 7) is 1.13. The van der Waals surface area contributed by atoms with Crippen LogP contribution in [0, 0.1) is 0 Å². The molecule has 0 fully saturated rings. The topological polar surface area (TPSA) is 71.2 Å². The predicted octanol–water partition coefficient (Wildman–Crippen LogP) is 1.86. The van der Waals surface area contributed by atoms with Gasteiger partial charge in [0.1, 0.15) is 5.75 Å². The Hall–Kier alpha value is -2.07. The van der Waals surface area contributed by atoms with Gasteiger partial charge < -0.3 is 16.2 Å². The van der Waals surface area contributed by atoms with Crippen LogP contribution in [0.5, 0.6) is 5.75 Å². The van der Waals surface area contributed by atoms with E-state index >= 15 is 0 Å². The molecular formula is C13H15N3O. The summed E-state index contributed by atoms with van der Waals surface area (Å²) in [6, 6.07) is 10.9. The fraction of sp³-hybridized carbons (Fsp3) is 0.154. The third kappa shape index (κ3) is 3.19. The summed E-state index contributed by atoms with van der Waals surface area (Å²) in [7, 11) is 0. The van der Waals surface area contributed by atoms with Crippen molar-refractivity contribution in [3.8, 4) is 5.75 Å². The molecule has 0 aliphatic rings. The lowest BCUT2D eigenvalue weighted by molar-refractivity contribution is 0.475. The second-order valence-electron chi connectivity index (χ2n) is 3.77. The number of pyridine rings is 1. The second kappa shape index (κ2) is 5.32. The van der Waals surface area contributed by atoms with Gasteiger partial charge in [0.15, 0.2) is 0 Å². The molecule has 1 aromatic heterocycles. The fourth-order valence-electron chi connectivity index (χ4n) is 1.50. The minimum absolute atomic E-state index is 0.256. The Morgan fingerprint density at radius 2 is 2.12 bits per heavy atom. The van der Waals surface area contributed by atoms with Crippen LogP contribution in [0.1, 0.15) is 11.3 Å². The average molecular weight is 229 g/mol. The molecule has 0 bridgehead atoms. The molecule has 2 rings (SSSR count). The largest absolute Gasteiger partial charge is 0.508 e. The lowest BCUT2D eigenvalue weighted by Gasteiger charge is -2.07. The first-order valence-electron chi connectivity index (χ1n) is 5.45. The molecule has 0 radical (unpaired) electrons. The maximum Gasteiger partial charge on any atom is 0.117 e. The summed E-state index contributed by atoms with van der Waals surface area (Å²) < 4.78 is 0. The number of aromatic nitrogens is 1. The molecule has 0 aliphatic heterocycles. The molecule has 0 unspecified atom stereocenters. The second-order valence-corrected chi connectivity index (χ2v) is 3.77. The van der Waals surface area contributed by atoms with Crippen LogP contribution in [0.4, 0.5) is 5.69 Å². The van der Waals surface area contributed by atoms with Crippen molar-refractivity contribution in [1.82, 2.24) is 4.98 Å². The molecule has 0 saturated heterocycles.